The SMILES string of the molecule is CCNC1CCOC(C2CCCCCC2)C1. The topological polar surface area (TPSA) is 21.3 Å². The minimum Gasteiger partial charge on any atom is -0.378 e. The molecular weight excluding hydrogens is 198 g/mol. The molecule has 2 heteroatoms. The van der Waals surface area contributed by atoms with E-state index in [1.165, 1.54) is 51.4 Å². The van der Waals surface area contributed by atoms with E-state index in [1.54, 1.807) is 0 Å². The molecule has 1 heterocycles. The summed E-state index contributed by atoms with van der Waals surface area (Å²) in [5.74, 6) is 0.851. The second kappa shape index (κ2) is 6.61. The lowest BCUT2D eigenvalue weighted by Crippen LogP contribution is -2.41. The van der Waals surface area contributed by atoms with E-state index < -0.39 is 0 Å². The third kappa shape index (κ3) is 3.46. The zero-order chi connectivity index (χ0) is 11.2. The van der Waals surface area contributed by atoms with Gasteiger partial charge in [0.2, 0.25) is 0 Å². The number of nitrogens with one attached hydrogen (secondary N) is 1. The van der Waals surface area contributed by atoms with Crippen LogP contribution in [0.3, 0.4) is 0 Å². The Kier molecular flexibility index (Phi) is 5.11. The van der Waals surface area contributed by atoms with Crippen molar-refractivity contribution in [1.82, 2.24) is 5.32 Å². The first-order chi connectivity index (χ1) is 7.90. The number of rotatable bonds is 3. The molecule has 1 N–H and O–H groups in total. The van der Waals surface area contributed by atoms with Gasteiger partial charge in [0.05, 0.1) is 6.10 Å². The van der Waals surface area contributed by atoms with E-state index in [2.05, 4.69) is 12.2 Å². The minimum atomic E-state index is 0.552. The van der Waals surface area contributed by atoms with Crippen molar-refractivity contribution >= 4 is 0 Å². The first kappa shape index (κ1) is 12.4. The summed E-state index contributed by atoms with van der Waals surface area (Å²) in [5, 5.41) is 3.59. The highest BCUT2D eigenvalue weighted by Gasteiger charge is 2.29. The molecule has 2 unspecified atom stereocenters. The van der Waals surface area contributed by atoms with E-state index in [1.807, 2.05) is 0 Å². The third-order valence-corrected chi connectivity index (χ3v) is 4.23. The van der Waals surface area contributed by atoms with Crippen LogP contribution in [0.5, 0.6) is 0 Å². The van der Waals surface area contributed by atoms with Gasteiger partial charge in [-0.1, -0.05) is 32.6 Å². The lowest BCUT2D eigenvalue weighted by molar-refractivity contribution is -0.0363. The second-order valence-electron chi connectivity index (χ2n) is 5.44. The molecule has 16 heavy (non-hydrogen) atoms. The van der Waals surface area contributed by atoms with Crippen LogP contribution in [0.1, 0.15) is 58.3 Å². The van der Waals surface area contributed by atoms with Gasteiger partial charge in [0.1, 0.15) is 0 Å². The summed E-state index contributed by atoms with van der Waals surface area (Å²) in [6.07, 6.45) is 11.6. The molecule has 0 bridgehead atoms. The smallest absolute Gasteiger partial charge is 0.0618 e. The van der Waals surface area contributed by atoms with Gasteiger partial charge in [-0.3, -0.25) is 0 Å². The molecule has 0 spiro atoms. The van der Waals surface area contributed by atoms with Crippen molar-refractivity contribution in [3.63, 3.8) is 0 Å². The standard InChI is InChI=1S/C14H27NO/c1-2-15-13-9-10-16-14(11-13)12-7-5-3-4-6-8-12/h12-15H,2-11H2,1H3. The summed E-state index contributed by atoms with van der Waals surface area (Å²) in [4.78, 5) is 0. The van der Waals surface area contributed by atoms with Gasteiger partial charge in [-0.25, -0.2) is 0 Å². The molecular formula is C14H27NO. The fraction of sp³-hybridized carbons (Fsp3) is 1.00. The molecule has 1 saturated heterocycles. The maximum atomic E-state index is 6.01. The van der Waals surface area contributed by atoms with Crippen LogP contribution in [0.2, 0.25) is 0 Å². The highest BCUT2D eigenvalue weighted by molar-refractivity contribution is 4.82. The van der Waals surface area contributed by atoms with Crippen LogP contribution in [0, 0.1) is 5.92 Å². The molecule has 2 rings (SSSR count). The van der Waals surface area contributed by atoms with Crippen molar-refractivity contribution < 1.29 is 4.74 Å². The maximum absolute atomic E-state index is 6.01. The summed E-state index contributed by atoms with van der Waals surface area (Å²) >= 11 is 0. The summed E-state index contributed by atoms with van der Waals surface area (Å²) in [6.45, 7) is 4.27. The fourth-order valence-electron chi connectivity index (χ4n) is 3.31. The summed E-state index contributed by atoms with van der Waals surface area (Å²) in [6, 6.07) is 0.715. The van der Waals surface area contributed by atoms with Crippen molar-refractivity contribution in [1.29, 1.82) is 0 Å². The molecule has 2 atom stereocenters. The van der Waals surface area contributed by atoms with E-state index in [9.17, 15) is 0 Å². The van der Waals surface area contributed by atoms with Gasteiger partial charge >= 0.3 is 0 Å². The Hall–Kier alpha value is -0.0800. The molecule has 2 nitrogen and oxygen atoms in total. The van der Waals surface area contributed by atoms with E-state index in [4.69, 9.17) is 4.74 Å². The minimum absolute atomic E-state index is 0.552. The van der Waals surface area contributed by atoms with Gasteiger partial charge < -0.3 is 10.1 Å². The Bertz CT molecular complexity index is 185. The van der Waals surface area contributed by atoms with Gasteiger partial charge in [-0.2, -0.15) is 0 Å². The van der Waals surface area contributed by atoms with Crippen LogP contribution in [-0.4, -0.2) is 25.3 Å². The Labute approximate surface area is 100 Å². The molecule has 2 fully saturated rings. The van der Waals surface area contributed by atoms with Crippen LogP contribution in [-0.2, 0) is 4.74 Å². The van der Waals surface area contributed by atoms with Crippen molar-refractivity contribution in [3.05, 3.63) is 0 Å². The van der Waals surface area contributed by atoms with Gasteiger partial charge in [0.15, 0.2) is 0 Å². The van der Waals surface area contributed by atoms with Crippen molar-refractivity contribution in [2.45, 2.75) is 70.4 Å². The van der Waals surface area contributed by atoms with Crippen molar-refractivity contribution in [2.75, 3.05) is 13.2 Å². The van der Waals surface area contributed by atoms with Crippen LogP contribution >= 0.6 is 0 Å². The first-order valence-corrected chi connectivity index (χ1v) is 7.25. The second-order valence-corrected chi connectivity index (χ2v) is 5.44. The van der Waals surface area contributed by atoms with E-state index >= 15 is 0 Å². The Morgan fingerprint density at radius 1 is 1.06 bits per heavy atom. The average molecular weight is 225 g/mol. The first-order valence-electron chi connectivity index (χ1n) is 7.25. The van der Waals surface area contributed by atoms with E-state index in [-0.39, 0.29) is 0 Å². The molecule has 1 aliphatic heterocycles. The Morgan fingerprint density at radius 2 is 1.81 bits per heavy atom. The highest BCUT2D eigenvalue weighted by Crippen LogP contribution is 2.31. The molecule has 0 radical (unpaired) electrons. The largest absolute Gasteiger partial charge is 0.378 e. The maximum Gasteiger partial charge on any atom is 0.0618 e. The molecule has 0 aromatic heterocycles. The summed E-state index contributed by atoms with van der Waals surface area (Å²) < 4.78 is 6.01. The number of hydrogen-bond donors (Lipinski definition) is 1. The molecule has 0 aromatic carbocycles. The molecule has 2 aliphatic rings. The summed E-state index contributed by atoms with van der Waals surface area (Å²) in [7, 11) is 0. The van der Waals surface area contributed by atoms with Gasteiger partial charge in [0.25, 0.3) is 0 Å². The number of hydrogen-bond acceptors (Lipinski definition) is 2. The molecule has 0 amide bonds. The number of ether oxygens (including phenoxy) is 1. The predicted molar refractivity (Wildman–Crippen MR) is 67.6 cm³/mol. The molecule has 1 aliphatic carbocycles. The Balaban J connectivity index is 1.82. The normalized spacial score (nSPS) is 33.6. The van der Waals surface area contributed by atoms with Gasteiger partial charge in [0, 0.05) is 12.6 Å². The van der Waals surface area contributed by atoms with E-state index in [0.717, 1.165) is 19.1 Å². The molecule has 0 aromatic rings. The quantitative estimate of drug-likeness (QED) is 0.745. The third-order valence-electron chi connectivity index (χ3n) is 4.23. The lowest BCUT2D eigenvalue weighted by Gasteiger charge is -2.34. The van der Waals surface area contributed by atoms with Crippen molar-refractivity contribution in [2.24, 2.45) is 5.92 Å². The van der Waals surface area contributed by atoms with Crippen LogP contribution < -0.4 is 5.32 Å². The van der Waals surface area contributed by atoms with Crippen LogP contribution in [0.15, 0.2) is 0 Å². The lowest BCUT2D eigenvalue weighted by atomic mass is 9.88. The molecule has 1 saturated carbocycles. The van der Waals surface area contributed by atoms with E-state index in [0.29, 0.717) is 12.1 Å². The van der Waals surface area contributed by atoms with Gasteiger partial charge in [-0.05, 0) is 38.1 Å². The zero-order valence-corrected chi connectivity index (χ0v) is 10.7. The zero-order valence-electron chi connectivity index (χ0n) is 10.7. The highest BCUT2D eigenvalue weighted by atomic mass is 16.5. The average Bonchev–Trinajstić information content (AvgIpc) is 2.58. The fourth-order valence-corrected chi connectivity index (χ4v) is 3.31. The Morgan fingerprint density at radius 3 is 2.50 bits per heavy atom. The monoisotopic (exact) mass is 225 g/mol. The molecule has 94 valence electrons. The van der Waals surface area contributed by atoms with Gasteiger partial charge in [-0.15, -0.1) is 0 Å². The summed E-state index contributed by atoms with van der Waals surface area (Å²) in [5.41, 5.74) is 0. The van der Waals surface area contributed by atoms with Crippen LogP contribution in [0.25, 0.3) is 0 Å². The van der Waals surface area contributed by atoms with Crippen molar-refractivity contribution in [3.8, 4) is 0 Å². The predicted octanol–water partition coefficient (Wildman–Crippen LogP) is 3.11. The van der Waals surface area contributed by atoms with Crippen LogP contribution in [0.4, 0.5) is 0 Å².